The number of carbonyl (C=O) groups excluding carboxylic acids is 1. The Bertz CT molecular complexity index is 496. The maximum Gasteiger partial charge on any atom is 0.410 e. The minimum Gasteiger partial charge on any atom is -0.444 e. The van der Waals surface area contributed by atoms with Crippen LogP contribution in [0.15, 0.2) is 30.3 Å². The fourth-order valence-corrected chi connectivity index (χ4v) is 2.91. The lowest BCUT2D eigenvalue weighted by Crippen LogP contribution is -2.38. The minimum absolute atomic E-state index is 0.187. The van der Waals surface area contributed by atoms with Gasteiger partial charge in [-0.05, 0) is 45.1 Å². The van der Waals surface area contributed by atoms with Crippen LogP contribution in [0.5, 0.6) is 0 Å². The highest BCUT2D eigenvalue weighted by Gasteiger charge is 2.28. The van der Waals surface area contributed by atoms with E-state index in [4.69, 9.17) is 4.74 Å². The van der Waals surface area contributed by atoms with Crippen LogP contribution in [0.1, 0.15) is 46.1 Å². The third kappa shape index (κ3) is 5.87. The molecule has 128 valence electrons. The van der Waals surface area contributed by atoms with Crippen molar-refractivity contribution in [2.75, 3.05) is 13.1 Å². The second-order valence-corrected chi connectivity index (χ2v) is 7.50. The highest BCUT2D eigenvalue weighted by Crippen LogP contribution is 2.20. The summed E-state index contributed by atoms with van der Waals surface area (Å²) in [7, 11) is 0. The summed E-state index contributed by atoms with van der Waals surface area (Å²) < 4.78 is 5.50. The van der Waals surface area contributed by atoms with Gasteiger partial charge in [-0.15, -0.1) is 0 Å². The second kappa shape index (κ2) is 7.82. The van der Waals surface area contributed by atoms with Crippen molar-refractivity contribution in [2.45, 2.75) is 58.7 Å². The maximum absolute atomic E-state index is 12.2. The number of benzene rings is 1. The predicted molar refractivity (Wildman–Crippen MR) is 93.3 cm³/mol. The molecule has 1 saturated heterocycles. The molecule has 0 spiro atoms. The van der Waals surface area contributed by atoms with Gasteiger partial charge in [0.05, 0.1) is 0 Å². The van der Waals surface area contributed by atoms with E-state index in [9.17, 15) is 4.79 Å². The van der Waals surface area contributed by atoms with Crippen molar-refractivity contribution in [1.29, 1.82) is 0 Å². The van der Waals surface area contributed by atoms with Crippen molar-refractivity contribution < 1.29 is 9.53 Å². The first-order chi connectivity index (χ1) is 10.8. The third-order valence-electron chi connectivity index (χ3n) is 4.31. The van der Waals surface area contributed by atoms with Gasteiger partial charge in [0.2, 0.25) is 0 Å². The molecule has 4 nitrogen and oxygen atoms in total. The van der Waals surface area contributed by atoms with E-state index in [1.165, 1.54) is 5.56 Å². The van der Waals surface area contributed by atoms with Gasteiger partial charge in [0.25, 0.3) is 0 Å². The van der Waals surface area contributed by atoms with Crippen molar-refractivity contribution in [1.82, 2.24) is 10.2 Å². The number of rotatable bonds is 3. The Morgan fingerprint density at radius 1 is 1.22 bits per heavy atom. The van der Waals surface area contributed by atoms with Crippen molar-refractivity contribution in [2.24, 2.45) is 5.92 Å². The molecule has 1 amide bonds. The zero-order valence-corrected chi connectivity index (χ0v) is 14.8. The van der Waals surface area contributed by atoms with Crippen LogP contribution < -0.4 is 5.32 Å². The molecule has 0 bridgehead atoms. The highest BCUT2D eigenvalue weighted by molar-refractivity contribution is 5.68. The lowest BCUT2D eigenvalue weighted by Gasteiger charge is -2.26. The summed E-state index contributed by atoms with van der Waals surface area (Å²) in [6.45, 7) is 10.4. The largest absolute Gasteiger partial charge is 0.444 e. The summed E-state index contributed by atoms with van der Waals surface area (Å²) in [4.78, 5) is 14.1. The van der Waals surface area contributed by atoms with E-state index in [0.717, 1.165) is 32.5 Å². The first-order valence-corrected chi connectivity index (χ1v) is 8.60. The Hall–Kier alpha value is -1.55. The average Bonchev–Trinajstić information content (AvgIpc) is 2.66. The molecule has 2 unspecified atom stereocenters. The van der Waals surface area contributed by atoms with Gasteiger partial charge in [-0.25, -0.2) is 4.79 Å². The summed E-state index contributed by atoms with van der Waals surface area (Å²) in [6, 6.07) is 10.9. The topological polar surface area (TPSA) is 41.6 Å². The fraction of sp³-hybridized carbons (Fsp3) is 0.632. The van der Waals surface area contributed by atoms with Crippen molar-refractivity contribution >= 4 is 6.09 Å². The van der Waals surface area contributed by atoms with Gasteiger partial charge in [0.15, 0.2) is 0 Å². The molecule has 0 saturated carbocycles. The van der Waals surface area contributed by atoms with Crippen LogP contribution in [0.2, 0.25) is 0 Å². The quantitative estimate of drug-likeness (QED) is 0.921. The number of nitrogens with one attached hydrogen (secondary N) is 1. The van der Waals surface area contributed by atoms with Gasteiger partial charge in [-0.1, -0.05) is 37.3 Å². The van der Waals surface area contributed by atoms with Gasteiger partial charge >= 0.3 is 6.09 Å². The van der Waals surface area contributed by atoms with Crippen molar-refractivity contribution in [3.63, 3.8) is 0 Å². The van der Waals surface area contributed by atoms with Gasteiger partial charge in [0, 0.05) is 25.7 Å². The normalized spacial score (nSPS) is 22.5. The number of hydrogen-bond donors (Lipinski definition) is 1. The zero-order chi connectivity index (χ0) is 16.9. The fourth-order valence-electron chi connectivity index (χ4n) is 2.91. The molecule has 0 radical (unpaired) electrons. The number of nitrogens with zero attached hydrogens (tertiary/aromatic N) is 1. The Labute approximate surface area is 140 Å². The van der Waals surface area contributed by atoms with E-state index in [-0.39, 0.29) is 6.09 Å². The first kappa shape index (κ1) is 17.8. The minimum atomic E-state index is -0.431. The van der Waals surface area contributed by atoms with Crippen LogP contribution in [-0.2, 0) is 11.3 Å². The Kier molecular flexibility index (Phi) is 6.05. The SMILES string of the molecule is CC1CCN(C(=O)OC(C)(C)C)CCC1NCc1ccccc1. The van der Waals surface area contributed by atoms with E-state index in [1.54, 1.807) is 0 Å². The van der Waals surface area contributed by atoms with Crippen LogP contribution in [-0.4, -0.2) is 35.7 Å². The van der Waals surface area contributed by atoms with E-state index in [2.05, 4.69) is 36.5 Å². The van der Waals surface area contributed by atoms with E-state index in [1.807, 2.05) is 31.7 Å². The molecule has 0 aliphatic carbocycles. The molecule has 2 rings (SSSR count). The lowest BCUT2D eigenvalue weighted by molar-refractivity contribution is 0.0255. The smallest absolute Gasteiger partial charge is 0.410 e. The van der Waals surface area contributed by atoms with E-state index >= 15 is 0 Å². The summed E-state index contributed by atoms with van der Waals surface area (Å²) in [5, 5.41) is 3.66. The third-order valence-corrected chi connectivity index (χ3v) is 4.31. The molecule has 1 fully saturated rings. The molecule has 4 heteroatoms. The molecule has 1 heterocycles. The molecule has 1 N–H and O–H groups in total. The summed E-state index contributed by atoms with van der Waals surface area (Å²) in [5.74, 6) is 0.547. The molecule has 23 heavy (non-hydrogen) atoms. The molecular weight excluding hydrogens is 288 g/mol. The average molecular weight is 318 g/mol. The van der Waals surface area contributed by atoms with E-state index < -0.39 is 5.60 Å². The van der Waals surface area contributed by atoms with Crippen LogP contribution in [0.25, 0.3) is 0 Å². The molecule has 1 aromatic carbocycles. The lowest BCUT2D eigenvalue weighted by atomic mass is 9.97. The first-order valence-electron chi connectivity index (χ1n) is 8.60. The number of likely N-dealkylation sites (tertiary alicyclic amines) is 1. The molecular formula is C19H30N2O2. The van der Waals surface area contributed by atoms with Gasteiger partial charge in [0.1, 0.15) is 5.60 Å². The van der Waals surface area contributed by atoms with Gasteiger partial charge < -0.3 is 15.0 Å². The molecule has 1 aliphatic rings. The number of carbonyl (C=O) groups is 1. The second-order valence-electron chi connectivity index (χ2n) is 7.50. The van der Waals surface area contributed by atoms with Crippen molar-refractivity contribution in [3.05, 3.63) is 35.9 Å². The molecule has 0 aromatic heterocycles. The Balaban J connectivity index is 1.86. The Morgan fingerprint density at radius 3 is 2.52 bits per heavy atom. The monoisotopic (exact) mass is 318 g/mol. The van der Waals surface area contributed by atoms with Gasteiger partial charge in [-0.2, -0.15) is 0 Å². The zero-order valence-electron chi connectivity index (χ0n) is 14.8. The predicted octanol–water partition coefficient (Wildman–Crippen LogP) is 3.81. The molecule has 1 aliphatic heterocycles. The Morgan fingerprint density at radius 2 is 1.87 bits per heavy atom. The number of amides is 1. The van der Waals surface area contributed by atoms with Gasteiger partial charge in [-0.3, -0.25) is 0 Å². The molecule has 1 aromatic rings. The summed E-state index contributed by atoms with van der Waals surface area (Å²) in [6.07, 6.45) is 1.78. The summed E-state index contributed by atoms with van der Waals surface area (Å²) in [5.41, 5.74) is 0.868. The maximum atomic E-state index is 12.2. The van der Waals surface area contributed by atoms with Crippen LogP contribution >= 0.6 is 0 Å². The molecule has 2 atom stereocenters. The van der Waals surface area contributed by atoms with Crippen LogP contribution in [0, 0.1) is 5.92 Å². The highest BCUT2D eigenvalue weighted by atomic mass is 16.6. The van der Waals surface area contributed by atoms with E-state index in [0.29, 0.717) is 12.0 Å². The van der Waals surface area contributed by atoms with Crippen LogP contribution in [0.3, 0.4) is 0 Å². The van der Waals surface area contributed by atoms with Crippen molar-refractivity contribution in [3.8, 4) is 0 Å². The summed E-state index contributed by atoms with van der Waals surface area (Å²) >= 11 is 0. The number of ether oxygens (including phenoxy) is 1. The standard InChI is InChI=1S/C19H30N2O2/c1-15-10-12-21(18(22)23-19(2,3)4)13-11-17(15)20-14-16-8-6-5-7-9-16/h5-9,15,17,20H,10-14H2,1-4H3. The van der Waals surface area contributed by atoms with Crippen LogP contribution in [0.4, 0.5) is 4.79 Å². The number of hydrogen-bond acceptors (Lipinski definition) is 3.